The zero-order valence-corrected chi connectivity index (χ0v) is 17.4. The Kier molecular flexibility index (Phi) is 10.2. The number of nitrogens with zero attached hydrogens (tertiary/aromatic N) is 1. The van der Waals surface area contributed by atoms with Crippen LogP contribution < -0.4 is 15.4 Å². The molecule has 138 valence electrons. The minimum atomic E-state index is -2.98. The summed E-state index contributed by atoms with van der Waals surface area (Å²) in [6.07, 6.45) is 1.70. The molecule has 0 bridgehead atoms. The number of nitrogens with one attached hydrogen (secondary N) is 2. The molecule has 1 rings (SSSR count). The zero-order valence-electron chi connectivity index (χ0n) is 14.3. The van der Waals surface area contributed by atoms with Crippen molar-refractivity contribution in [1.29, 1.82) is 0 Å². The molecule has 0 aliphatic heterocycles. The van der Waals surface area contributed by atoms with Crippen LogP contribution >= 0.6 is 24.0 Å². The third-order valence-corrected chi connectivity index (χ3v) is 4.18. The maximum Gasteiger partial charge on any atom is 0.191 e. The highest BCUT2D eigenvalue weighted by molar-refractivity contribution is 14.0. The van der Waals surface area contributed by atoms with E-state index in [1.807, 2.05) is 6.92 Å². The third kappa shape index (κ3) is 8.67. The van der Waals surface area contributed by atoms with Crippen molar-refractivity contribution in [1.82, 2.24) is 10.6 Å². The standard InChI is InChI=1S/C15H24FN3O3S.HI/c1-11(7-8-23(4,20)21)19-15(17-2)18-10-12-5-6-14(22-3)13(16)9-12;/h5-6,9,11H,7-8,10H2,1-4H3,(H2,17,18,19);1H. The Morgan fingerprint density at radius 2 is 2.08 bits per heavy atom. The quantitative estimate of drug-likeness (QED) is 0.360. The van der Waals surface area contributed by atoms with Crippen LogP contribution in [0.25, 0.3) is 0 Å². The fraction of sp³-hybridized carbons (Fsp3) is 0.533. The second-order valence-corrected chi connectivity index (χ2v) is 7.62. The number of aliphatic imine (C=N–C) groups is 1. The number of rotatable bonds is 7. The first-order valence-electron chi connectivity index (χ1n) is 7.22. The number of sulfone groups is 1. The molecule has 0 amide bonds. The van der Waals surface area contributed by atoms with Crippen molar-refractivity contribution in [2.24, 2.45) is 4.99 Å². The van der Waals surface area contributed by atoms with E-state index in [1.165, 1.54) is 19.4 Å². The van der Waals surface area contributed by atoms with Crippen molar-refractivity contribution in [3.63, 3.8) is 0 Å². The molecule has 1 aromatic rings. The second kappa shape index (κ2) is 10.7. The van der Waals surface area contributed by atoms with Gasteiger partial charge in [-0.25, -0.2) is 12.8 Å². The molecule has 0 aromatic heterocycles. The molecule has 24 heavy (non-hydrogen) atoms. The van der Waals surface area contributed by atoms with Crippen molar-refractivity contribution >= 4 is 39.8 Å². The monoisotopic (exact) mass is 473 g/mol. The van der Waals surface area contributed by atoms with Crippen LogP contribution in [0.15, 0.2) is 23.2 Å². The molecular weight excluding hydrogens is 448 g/mol. The smallest absolute Gasteiger partial charge is 0.191 e. The number of benzene rings is 1. The average Bonchev–Trinajstić information content (AvgIpc) is 2.48. The number of guanidine groups is 1. The Morgan fingerprint density at radius 1 is 1.42 bits per heavy atom. The summed E-state index contributed by atoms with van der Waals surface area (Å²) in [6.45, 7) is 2.27. The van der Waals surface area contributed by atoms with Gasteiger partial charge in [0.25, 0.3) is 0 Å². The van der Waals surface area contributed by atoms with E-state index < -0.39 is 15.7 Å². The molecule has 1 aromatic carbocycles. The Balaban J connectivity index is 0.00000529. The summed E-state index contributed by atoms with van der Waals surface area (Å²) in [4.78, 5) is 4.07. The Morgan fingerprint density at radius 3 is 2.58 bits per heavy atom. The van der Waals surface area contributed by atoms with Crippen LogP contribution in [0, 0.1) is 5.82 Å². The summed E-state index contributed by atoms with van der Waals surface area (Å²) in [5.41, 5.74) is 0.745. The molecule has 0 spiro atoms. The molecule has 9 heteroatoms. The van der Waals surface area contributed by atoms with Crippen LogP contribution in [-0.4, -0.2) is 46.6 Å². The van der Waals surface area contributed by atoms with Gasteiger partial charge in [0, 0.05) is 25.9 Å². The predicted octanol–water partition coefficient (Wildman–Crippen LogP) is 1.94. The summed E-state index contributed by atoms with van der Waals surface area (Å²) in [5.74, 6) is 0.422. The normalized spacial score (nSPS) is 13.0. The summed E-state index contributed by atoms with van der Waals surface area (Å²) in [7, 11) is 0.0528. The van der Waals surface area contributed by atoms with Crippen LogP contribution in [-0.2, 0) is 16.4 Å². The number of methoxy groups -OCH3 is 1. The SMILES string of the molecule is CN=C(NCc1ccc(OC)c(F)c1)NC(C)CCS(C)(=O)=O.I. The lowest BCUT2D eigenvalue weighted by molar-refractivity contribution is 0.386. The highest BCUT2D eigenvalue weighted by atomic mass is 127. The topological polar surface area (TPSA) is 79.8 Å². The van der Waals surface area contributed by atoms with Gasteiger partial charge < -0.3 is 15.4 Å². The summed E-state index contributed by atoms with van der Waals surface area (Å²) >= 11 is 0. The van der Waals surface area contributed by atoms with E-state index in [1.54, 1.807) is 19.2 Å². The van der Waals surface area contributed by atoms with Gasteiger partial charge in [-0.1, -0.05) is 6.07 Å². The van der Waals surface area contributed by atoms with Gasteiger partial charge in [-0.3, -0.25) is 4.99 Å². The van der Waals surface area contributed by atoms with Crippen molar-refractivity contribution in [2.75, 3.05) is 26.2 Å². The van der Waals surface area contributed by atoms with Crippen molar-refractivity contribution in [3.8, 4) is 5.75 Å². The second-order valence-electron chi connectivity index (χ2n) is 5.36. The third-order valence-electron chi connectivity index (χ3n) is 3.20. The van der Waals surface area contributed by atoms with Gasteiger partial charge in [-0.15, -0.1) is 24.0 Å². The fourth-order valence-electron chi connectivity index (χ4n) is 1.90. The Bertz CT molecular complexity index is 653. The highest BCUT2D eigenvalue weighted by Gasteiger charge is 2.10. The number of ether oxygens (including phenoxy) is 1. The van der Waals surface area contributed by atoms with Gasteiger partial charge in [-0.2, -0.15) is 0 Å². The van der Waals surface area contributed by atoms with Crippen molar-refractivity contribution in [3.05, 3.63) is 29.6 Å². The van der Waals surface area contributed by atoms with Crippen molar-refractivity contribution < 1.29 is 17.5 Å². The first kappa shape index (κ1) is 22.9. The van der Waals surface area contributed by atoms with Gasteiger partial charge >= 0.3 is 0 Å². The van der Waals surface area contributed by atoms with E-state index in [9.17, 15) is 12.8 Å². The van der Waals surface area contributed by atoms with E-state index in [0.29, 0.717) is 18.9 Å². The maximum absolute atomic E-state index is 13.6. The van der Waals surface area contributed by atoms with E-state index in [4.69, 9.17) is 4.74 Å². The molecule has 1 atom stereocenters. The number of hydrogen-bond acceptors (Lipinski definition) is 4. The van der Waals surface area contributed by atoms with Gasteiger partial charge in [-0.05, 0) is 31.0 Å². The largest absolute Gasteiger partial charge is 0.494 e. The predicted molar refractivity (Wildman–Crippen MR) is 105 cm³/mol. The van der Waals surface area contributed by atoms with Crippen LogP contribution in [0.4, 0.5) is 4.39 Å². The van der Waals surface area contributed by atoms with Crippen LogP contribution in [0.1, 0.15) is 18.9 Å². The molecule has 0 saturated heterocycles. The lowest BCUT2D eigenvalue weighted by atomic mass is 10.2. The number of hydrogen-bond donors (Lipinski definition) is 2. The van der Waals surface area contributed by atoms with Gasteiger partial charge in [0.05, 0.1) is 12.9 Å². The molecule has 0 fully saturated rings. The first-order chi connectivity index (χ1) is 10.7. The molecule has 0 saturated carbocycles. The summed E-state index contributed by atoms with van der Waals surface area (Å²) < 4.78 is 40.8. The van der Waals surface area contributed by atoms with E-state index in [0.717, 1.165) is 5.56 Å². The molecule has 6 nitrogen and oxygen atoms in total. The highest BCUT2D eigenvalue weighted by Crippen LogP contribution is 2.17. The van der Waals surface area contributed by atoms with Gasteiger partial charge in [0.15, 0.2) is 17.5 Å². The van der Waals surface area contributed by atoms with Crippen LogP contribution in [0.2, 0.25) is 0 Å². The molecule has 0 radical (unpaired) electrons. The molecule has 1 unspecified atom stereocenters. The lowest BCUT2D eigenvalue weighted by Crippen LogP contribution is -2.42. The fourth-order valence-corrected chi connectivity index (χ4v) is 2.68. The van der Waals surface area contributed by atoms with E-state index in [-0.39, 0.29) is 41.5 Å². The van der Waals surface area contributed by atoms with Gasteiger partial charge in [0.1, 0.15) is 9.84 Å². The molecule has 2 N–H and O–H groups in total. The Hall–Kier alpha value is -1.10. The summed E-state index contributed by atoms with van der Waals surface area (Å²) in [5, 5.41) is 6.16. The van der Waals surface area contributed by atoms with Crippen LogP contribution in [0.3, 0.4) is 0 Å². The molecule has 0 aliphatic carbocycles. The first-order valence-corrected chi connectivity index (χ1v) is 9.28. The summed E-state index contributed by atoms with van der Waals surface area (Å²) in [6, 6.07) is 4.67. The minimum absolute atomic E-state index is 0. The number of halogens is 2. The van der Waals surface area contributed by atoms with E-state index in [2.05, 4.69) is 15.6 Å². The minimum Gasteiger partial charge on any atom is -0.494 e. The van der Waals surface area contributed by atoms with E-state index >= 15 is 0 Å². The zero-order chi connectivity index (χ0) is 17.5. The molecule has 0 aliphatic rings. The van der Waals surface area contributed by atoms with Crippen molar-refractivity contribution in [2.45, 2.75) is 25.9 Å². The maximum atomic E-state index is 13.6. The average molecular weight is 473 g/mol. The Labute approximate surface area is 160 Å². The molecule has 0 heterocycles. The molecular formula is C15H25FIN3O3S. The lowest BCUT2D eigenvalue weighted by Gasteiger charge is -2.17. The van der Waals surface area contributed by atoms with Crippen LogP contribution in [0.5, 0.6) is 5.75 Å². The van der Waals surface area contributed by atoms with Gasteiger partial charge in [0.2, 0.25) is 0 Å².